The highest BCUT2D eigenvalue weighted by Gasteiger charge is 2.21. The van der Waals surface area contributed by atoms with Gasteiger partial charge in [0.15, 0.2) is 5.88 Å². The third-order valence-corrected chi connectivity index (χ3v) is 8.13. The smallest absolute Gasteiger partial charge is 0.303 e. The molecule has 0 bridgehead atoms. The molecule has 0 radical (unpaired) electrons. The molecule has 0 atom stereocenters. The molecule has 1 aliphatic heterocycles. The van der Waals surface area contributed by atoms with Gasteiger partial charge < -0.3 is 25.0 Å². The van der Waals surface area contributed by atoms with E-state index in [1.54, 1.807) is 11.9 Å². The number of rotatable bonds is 9. The minimum absolute atomic E-state index is 0.00246. The van der Waals surface area contributed by atoms with Crippen molar-refractivity contribution in [3.05, 3.63) is 87.9 Å². The maximum Gasteiger partial charge on any atom is 0.303 e. The van der Waals surface area contributed by atoms with Gasteiger partial charge in [0.2, 0.25) is 5.91 Å². The van der Waals surface area contributed by atoms with Gasteiger partial charge in [0.1, 0.15) is 0 Å². The first-order chi connectivity index (χ1) is 20.2. The number of carbonyl (C=O) groups excluding carboxylic acids is 1. The maximum absolute atomic E-state index is 13.0. The third kappa shape index (κ3) is 6.89. The van der Waals surface area contributed by atoms with E-state index in [0.717, 1.165) is 58.4 Å². The van der Waals surface area contributed by atoms with Gasteiger partial charge in [-0.05, 0) is 55.4 Å². The second-order valence-corrected chi connectivity index (χ2v) is 11.6. The van der Waals surface area contributed by atoms with Crippen molar-refractivity contribution in [2.24, 2.45) is 4.99 Å². The Morgan fingerprint density at radius 2 is 1.69 bits per heavy atom. The van der Waals surface area contributed by atoms with Crippen LogP contribution in [0.25, 0.3) is 10.9 Å². The number of nitrogens with zero attached hydrogens (tertiary/aromatic N) is 4. The highest BCUT2D eigenvalue weighted by molar-refractivity contribution is 9.10. The number of aromatic amines is 1. The van der Waals surface area contributed by atoms with Crippen LogP contribution in [-0.2, 0) is 16.0 Å². The van der Waals surface area contributed by atoms with E-state index in [0.29, 0.717) is 29.9 Å². The Bertz CT molecular complexity index is 1610. The van der Waals surface area contributed by atoms with E-state index < -0.39 is 5.97 Å². The Balaban J connectivity index is 1.44. The number of hydrogen-bond donors (Lipinski definition) is 3. The van der Waals surface area contributed by atoms with Crippen molar-refractivity contribution in [2.45, 2.75) is 12.8 Å². The molecule has 1 amide bonds. The van der Waals surface area contributed by atoms with Crippen LogP contribution in [0.3, 0.4) is 0 Å². The van der Waals surface area contributed by atoms with Crippen molar-refractivity contribution in [2.75, 3.05) is 51.7 Å². The summed E-state index contributed by atoms with van der Waals surface area (Å²) in [4.78, 5) is 38.1. The fourth-order valence-electron chi connectivity index (χ4n) is 5.07. The second kappa shape index (κ2) is 12.9. The van der Waals surface area contributed by atoms with E-state index in [2.05, 4.69) is 37.8 Å². The lowest BCUT2D eigenvalue weighted by atomic mass is 9.98. The van der Waals surface area contributed by atoms with Crippen LogP contribution >= 0.6 is 15.9 Å². The zero-order valence-electron chi connectivity index (χ0n) is 23.7. The fraction of sp³-hybridized carbons (Fsp3) is 0.281. The second-order valence-electron chi connectivity index (χ2n) is 10.6. The normalized spacial score (nSPS) is 14.8. The van der Waals surface area contributed by atoms with E-state index in [1.165, 1.54) is 0 Å². The van der Waals surface area contributed by atoms with Crippen LogP contribution in [0.4, 0.5) is 11.4 Å². The number of carboxylic acids is 1. The summed E-state index contributed by atoms with van der Waals surface area (Å²) in [6.45, 7) is 4.06. The van der Waals surface area contributed by atoms with Crippen LogP contribution in [0, 0.1) is 0 Å². The number of H-pyrrole nitrogens is 1. The molecule has 9 nitrogen and oxygen atoms in total. The lowest BCUT2D eigenvalue weighted by Gasteiger charge is -2.32. The molecule has 0 saturated carbocycles. The molecule has 0 aliphatic carbocycles. The molecule has 10 heteroatoms. The molecule has 42 heavy (non-hydrogen) atoms. The van der Waals surface area contributed by atoms with Crippen LogP contribution in [0.5, 0.6) is 5.88 Å². The molecule has 0 spiro atoms. The number of carboxylic acid groups (broad SMARTS) is 1. The van der Waals surface area contributed by atoms with Crippen LogP contribution in [0.2, 0.25) is 0 Å². The molecule has 2 heterocycles. The van der Waals surface area contributed by atoms with Crippen molar-refractivity contribution >= 4 is 55.8 Å². The quantitative estimate of drug-likeness (QED) is 0.223. The summed E-state index contributed by atoms with van der Waals surface area (Å²) in [5.74, 6) is -0.802. The van der Waals surface area contributed by atoms with E-state index in [4.69, 9.17) is 10.1 Å². The van der Waals surface area contributed by atoms with Crippen LogP contribution in [0.1, 0.15) is 23.1 Å². The molecule has 1 fully saturated rings. The summed E-state index contributed by atoms with van der Waals surface area (Å²) in [6, 6.07) is 20.8. The van der Waals surface area contributed by atoms with Gasteiger partial charge >= 0.3 is 5.97 Å². The number of hydrogen-bond acceptors (Lipinski definition) is 6. The highest BCUT2D eigenvalue weighted by Crippen LogP contribution is 2.33. The van der Waals surface area contributed by atoms with Crippen molar-refractivity contribution in [3.63, 3.8) is 0 Å². The van der Waals surface area contributed by atoms with Gasteiger partial charge in [-0.3, -0.25) is 14.5 Å². The molecule has 1 aliphatic rings. The molecular weight excluding hydrogens is 598 g/mol. The number of piperazine rings is 1. The number of nitrogens with one attached hydrogen (secondary N) is 1. The Morgan fingerprint density at radius 1 is 1.00 bits per heavy atom. The molecule has 0 unspecified atom stereocenters. The molecule has 5 rings (SSSR count). The first-order valence-electron chi connectivity index (χ1n) is 13.9. The van der Waals surface area contributed by atoms with E-state index in [9.17, 15) is 14.7 Å². The van der Waals surface area contributed by atoms with E-state index >= 15 is 0 Å². The van der Waals surface area contributed by atoms with E-state index in [1.807, 2.05) is 66.7 Å². The number of likely N-dealkylation sites (N-methyl/N-ethyl adjacent to an activating group) is 2. The molecule has 3 aromatic carbocycles. The van der Waals surface area contributed by atoms with Crippen molar-refractivity contribution in [1.29, 1.82) is 0 Å². The summed E-state index contributed by atoms with van der Waals surface area (Å²) < 4.78 is 0.881. The lowest BCUT2D eigenvalue weighted by molar-refractivity contribution is -0.137. The number of carbonyl (C=O) groups is 2. The number of benzene rings is 3. The van der Waals surface area contributed by atoms with Crippen molar-refractivity contribution < 1.29 is 19.8 Å². The number of anilines is 1. The van der Waals surface area contributed by atoms with E-state index in [-0.39, 0.29) is 18.2 Å². The van der Waals surface area contributed by atoms with Crippen LogP contribution < -0.4 is 4.90 Å². The van der Waals surface area contributed by atoms with Gasteiger partial charge in [-0.15, -0.1) is 0 Å². The zero-order chi connectivity index (χ0) is 29.8. The number of aromatic hydroxyl groups is 1. The lowest BCUT2D eigenvalue weighted by Crippen LogP contribution is -2.48. The minimum Gasteiger partial charge on any atom is -0.494 e. The van der Waals surface area contributed by atoms with Gasteiger partial charge in [0.05, 0.1) is 29.0 Å². The number of aliphatic imine (C=N–C) groups is 1. The average Bonchev–Trinajstić information content (AvgIpc) is 3.30. The minimum atomic E-state index is -0.841. The number of halogens is 1. The van der Waals surface area contributed by atoms with Gasteiger partial charge in [0.25, 0.3) is 0 Å². The standard InChI is InChI=1S/C32H34BrN5O4/c1-36-15-17-38(18-16-36)20-28(39)37(2)25-11-9-24(10-12-25)34-31(22-6-3-21(4-7-22)5-14-29(40)41)30-26-13-8-23(33)19-27(26)35-32(30)42/h3-4,6-13,19,35,42H,5,14-18,20H2,1-2H3,(H,40,41). The fourth-order valence-corrected chi connectivity index (χ4v) is 5.43. The van der Waals surface area contributed by atoms with Crippen LogP contribution in [-0.4, -0.2) is 89.4 Å². The predicted octanol–water partition coefficient (Wildman–Crippen LogP) is 5.03. The first kappa shape index (κ1) is 29.5. The van der Waals surface area contributed by atoms with Crippen molar-refractivity contribution in [1.82, 2.24) is 14.8 Å². The summed E-state index contributed by atoms with van der Waals surface area (Å²) in [5, 5.41) is 20.9. The average molecular weight is 633 g/mol. The van der Waals surface area contributed by atoms with Gasteiger partial charge in [-0.25, -0.2) is 4.99 Å². The molecule has 4 aromatic rings. The Kier molecular flexibility index (Phi) is 9.06. The van der Waals surface area contributed by atoms with Gasteiger partial charge in [-0.2, -0.15) is 0 Å². The Hall–Kier alpha value is -3.99. The molecule has 3 N–H and O–H groups in total. The molecule has 1 saturated heterocycles. The number of fused-ring (bicyclic) bond motifs is 1. The van der Waals surface area contributed by atoms with Gasteiger partial charge in [-0.1, -0.05) is 46.3 Å². The summed E-state index contributed by atoms with van der Waals surface area (Å²) in [7, 11) is 3.88. The largest absolute Gasteiger partial charge is 0.494 e. The van der Waals surface area contributed by atoms with Gasteiger partial charge in [0, 0.05) is 60.8 Å². The summed E-state index contributed by atoms with van der Waals surface area (Å²) in [5.41, 5.74) is 5.01. The number of aryl methyl sites for hydroxylation is 1. The van der Waals surface area contributed by atoms with Crippen molar-refractivity contribution in [3.8, 4) is 5.88 Å². The summed E-state index contributed by atoms with van der Waals surface area (Å²) in [6.07, 6.45) is 0.480. The Morgan fingerprint density at radius 3 is 2.36 bits per heavy atom. The molecule has 218 valence electrons. The zero-order valence-corrected chi connectivity index (χ0v) is 25.3. The maximum atomic E-state index is 13.0. The first-order valence-corrected chi connectivity index (χ1v) is 14.6. The molecule has 1 aromatic heterocycles. The van der Waals surface area contributed by atoms with Crippen LogP contribution in [0.15, 0.2) is 76.2 Å². The number of aliphatic carboxylic acids is 1. The highest BCUT2D eigenvalue weighted by atomic mass is 79.9. The Labute approximate surface area is 253 Å². The monoisotopic (exact) mass is 631 g/mol. The number of amides is 1. The predicted molar refractivity (Wildman–Crippen MR) is 169 cm³/mol. The third-order valence-electron chi connectivity index (χ3n) is 7.64. The molecular formula is C32H34BrN5O4. The SMILES string of the molecule is CN1CCN(CC(=O)N(C)c2ccc(N=C(c3ccc(CCC(=O)O)cc3)c3c(O)[nH]c4cc(Br)ccc34)cc2)CC1. The number of aromatic nitrogens is 1. The summed E-state index contributed by atoms with van der Waals surface area (Å²) >= 11 is 3.49. The topological polar surface area (TPSA) is 112 Å².